The summed E-state index contributed by atoms with van der Waals surface area (Å²) in [6, 6.07) is 0. The Morgan fingerprint density at radius 2 is 1.56 bits per heavy atom. The van der Waals surface area contributed by atoms with Gasteiger partial charge in [-0.25, -0.2) is 8.42 Å². The van der Waals surface area contributed by atoms with Crippen molar-refractivity contribution in [1.82, 2.24) is 0 Å². The molecule has 0 aromatic heterocycles. The molecule has 0 aromatic carbocycles. The highest BCUT2D eigenvalue weighted by atomic mass is 33.2. The van der Waals surface area contributed by atoms with Gasteiger partial charge in [0.25, 0.3) is 8.87 Å². The van der Waals surface area contributed by atoms with Crippen LogP contribution in [0.4, 0.5) is 0 Å². The third-order valence-corrected chi connectivity index (χ3v) is 3.66. The highest BCUT2D eigenvalue weighted by molar-refractivity contribution is 8.66. The summed E-state index contributed by atoms with van der Waals surface area (Å²) in [4.78, 5) is 0. The Hall–Kier alpha value is -0.400. The van der Waals surface area contributed by atoms with Crippen molar-refractivity contribution in [3.05, 3.63) is 12.0 Å². The summed E-state index contributed by atoms with van der Waals surface area (Å²) in [5, 5.41) is 0.155. The highest BCUT2D eigenvalue weighted by Gasteiger charge is 2.21. The van der Waals surface area contributed by atoms with Crippen LogP contribution in [0.15, 0.2) is 12.0 Å². The standard InChI is InChI=1S/C2H4O5S2/c1-2-8(3,4)9(5,6)7/h2H,1H2,(H,5,6,7). The first kappa shape index (κ1) is 8.60. The second-order valence-corrected chi connectivity index (χ2v) is 5.92. The molecule has 1 N–H and O–H groups in total. The van der Waals surface area contributed by atoms with Gasteiger partial charge in [-0.1, -0.05) is 6.58 Å². The molecule has 0 saturated carbocycles. The fourth-order valence-corrected chi connectivity index (χ4v) is 0.774. The fourth-order valence-electron chi connectivity index (χ4n) is 0.0860. The summed E-state index contributed by atoms with van der Waals surface area (Å²) < 4.78 is 47.5. The zero-order chi connectivity index (χ0) is 7.71. The van der Waals surface area contributed by atoms with E-state index >= 15 is 0 Å². The van der Waals surface area contributed by atoms with Crippen LogP contribution in [0.1, 0.15) is 0 Å². The van der Waals surface area contributed by atoms with Gasteiger partial charge in [-0.2, -0.15) is 8.42 Å². The van der Waals surface area contributed by atoms with E-state index in [1.165, 1.54) is 0 Å². The van der Waals surface area contributed by atoms with Crippen LogP contribution in [0.25, 0.3) is 0 Å². The summed E-state index contributed by atoms with van der Waals surface area (Å²) in [6.07, 6.45) is 0. The van der Waals surface area contributed by atoms with Crippen molar-refractivity contribution >= 4 is 18.0 Å². The van der Waals surface area contributed by atoms with Crippen LogP contribution < -0.4 is 0 Å². The highest BCUT2D eigenvalue weighted by Crippen LogP contribution is 1.98. The Balaban J connectivity index is 5.33. The van der Waals surface area contributed by atoms with Crippen molar-refractivity contribution in [1.29, 1.82) is 0 Å². The van der Waals surface area contributed by atoms with Crippen LogP contribution in [-0.4, -0.2) is 21.4 Å². The van der Waals surface area contributed by atoms with Gasteiger partial charge in [0, 0.05) is 5.41 Å². The molecule has 9 heavy (non-hydrogen) atoms. The first-order valence-electron chi connectivity index (χ1n) is 1.66. The smallest absolute Gasteiger partial charge is 0.273 e. The molecule has 0 unspecified atom stereocenters. The second kappa shape index (κ2) is 2.09. The van der Waals surface area contributed by atoms with Crippen molar-refractivity contribution in [2.24, 2.45) is 0 Å². The lowest BCUT2D eigenvalue weighted by molar-refractivity contribution is 0.494. The van der Waals surface area contributed by atoms with Gasteiger partial charge in [-0.05, 0) is 0 Å². The Morgan fingerprint density at radius 3 is 1.56 bits per heavy atom. The third kappa shape index (κ3) is 1.77. The summed E-state index contributed by atoms with van der Waals surface area (Å²) in [5.41, 5.74) is 0. The molecule has 0 spiro atoms. The van der Waals surface area contributed by atoms with E-state index in [-0.39, 0.29) is 5.41 Å². The van der Waals surface area contributed by atoms with Crippen LogP contribution in [0, 0.1) is 0 Å². The van der Waals surface area contributed by atoms with Gasteiger partial charge < -0.3 is 0 Å². The van der Waals surface area contributed by atoms with E-state index in [9.17, 15) is 16.8 Å². The van der Waals surface area contributed by atoms with Crippen LogP contribution in [0.3, 0.4) is 0 Å². The molecule has 0 bridgehead atoms. The van der Waals surface area contributed by atoms with Crippen molar-refractivity contribution < 1.29 is 21.4 Å². The maximum atomic E-state index is 10.1. The maximum Gasteiger partial charge on any atom is 0.376 e. The summed E-state index contributed by atoms with van der Waals surface area (Å²) >= 11 is 0. The number of rotatable bonds is 2. The van der Waals surface area contributed by atoms with E-state index in [2.05, 4.69) is 6.58 Å². The summed E-state index contributed by atoms with van der Waals surface area (Å²) in [5.74, 6) is 0. The summed E-state index contributed by atoms with van der Waals surface area (Å²) in [6.45, 7) is 2.67. The summed E-state index contributed by atoms with van der Waals surface area (Å²) in [7, 11) is -9.54. The predicted molar refractivity (Wildman–Crippen MR) is 30.7 cm³/mol. The molecular weight excluding hydrogens is 168 g/mol. The predicted octanol–water partition coefficient (Wildman–Crippen LogP) is -0.652. The molecule has 0 atom stereocenters. The Morgan fingerprint density at radius 1 is 1.22 bits per heavy atom. The Kier molecular flexibility index (Phi) is 1.99. The van der Waals surface area contributed by atoms with Gasteiger partial charge in [-0.3, -0.25) is 4.55 Å². The van der Waals surface area contributed by atoms with Crippen molar-refractivity contribution in [2.75, 3.05) is 0 Å². The van der Waals surface area contributed by atoms with Gasteiger partial charge in [0.15, 0.2) is 0 Å². The fraction of sp³-hybridized carbons (Fsp3) is 0. The van der Waals surface area contributed by atoms with E-state index in [4.69, 9.17) is 4.55 Å². The molecule has 7 heteroatoms. The monoisotopic (exact) mass is 172 g/mol. The van der Waals surface area contributed by atoms with Crippen LogP contribution in [0.2, 0.25) is 0 Å². The van der Waals surface area contributed by atoms with E-state index in [1.807, 2.05) is 0 Å². The lowest BCUT2D eigenvalue weighted by atomic mass is 11.3. The van der Waals surface area contributed by atoms with Gasteiger partial charge in [-0.15, -0.1) is 0 Å². The maximum absolute atomic E-state index is 10.1. The first-order chi connectivity index (χ1) is 3.81. The molecule has 0 aliphatic heterocycles. The average molecular weight is 172 g/mol. The Bertz CT molecular complexity index is 292. The van der Waals surface area contributed by atoms with Crippen LogP contribution in [0.5, 0.6) is 0 Å². The lowest BCUT2D eigenvalue weighted by Crippen LogP contribution is -2.09. The zero-order valence-corrected chi connectivity index (χ0v) is 5.81. The average Bonchev–Trinajstić information content (AvgIpc) is 1.64. The second-order valence-electron chi connectivity index (χ2n) is 1.09. The molecule has 54 valence electrons. The largest absolute Gasteiger partial charge is 0.376 e. The molecule has 0 fully saturated rings. The molecular formula is C2H4O5S2. The lowest BCUT2D eigenvalue weighted by Gasteiger charge is -1.87. The van der Waals surface area contributed by atoms with E-state index in [0.29, 0.717) is 0 Å². The topological polar surface area (TPSA) is 88.5 Å². The van der Waals surface area contributed by atoms with Gasteiger partial charge in [0.1, 0.15) is 0 Å². The minimum atomic E-state index is -5.00. The minimum Gasteiger partial charge on any atom is -0.273 e. The quantitative estimate of drug-likeness (QED) is 0.441. The van der Waals surface area contributed by atoms with Crippen molar-refractivity contribution in [2.45, 2.75) is 0 Å². The molecule has 5 nitrogen and oxygen atoms in total. The molecule has 0 saturated heterocycles. The molecule has 0 aliphatic carbocycles. The van der Waals surface area contributed by atoms with Crippen molar-refractivity contribution in [3.8, 4) is 0 Å². The number of hydrogen-bond acceptors (Lipinski definition) is 4. The molecule has 0 aliphatic rings. The van der Waals surface area contributed by atoms with Crippen LogP contribution >= 0.6 is 0 Å². The van der Waals surface area contributed by atoms with Crippen molar-refractivity contribution in [3.63, 3.8) is 0 Å². The van der Waals surface area contributed by atoms with Gasteiger partial charge >= 0.3 is 9.15 Å². The van der Waals surface area contributed by atoms with E-state index in [0.717, 1.165) is 0 Å². The first-order valence-corrected chi connectivity index (χ1v) is 5.16. The molecule has 0 heterocycles. The minimum absolute atomic E-state index is 0.155. The number of hydrogen-bond donors (Lipinski definition) is 1. The molecule has 0 aromatic rings. The van der Waals surface area contributed by atoms with Gasteiger partial charge in [0.05, 0.1) is 0 Å². The van der Waals surface area contributed by atoms with Gasteiger partial charge in [0.2, 0.25) is 0 Å². The van der Waals surface area contributed by atoms with Crippen LogP contribution in [-0.2, 0) is 18.0 Å². The molecule has 0 radical (unpaired) electrons. The molecule has 0 rings (SSSR count). The SMILES string of the molecule is C=CS(=O)(=O)S(=O)(=O)O. The van der Waals surface area contributed by atoms with E-state index < -0.39 is 18.0 Å². The van der Waals surface area contributed by atoms with E-state index in [1.54, 1.807) is 0 Å². The normalized spacial score (nSPS) is 13.0. The Labute approximate surface area is 52.1 Å². The zero-order valence-electron chi connectivity index (χ0n) is 4.18. The third-order valence-electron chi connectivity index (χ3n) is 0.498. The molecule has 0 amide bonds.